The minimum Gasteiger partial charge on any atom is -0.409 e. The van der Waals surface area contributed by atoms with E-state index in [1.807, 2.05) is 31.2 Å². The van der Waals surface area contributed by atoms with Gasteiger partial charge >= 0.3 is 0 Å². The van der Waals surface area contributed by atoms with E-state index in [9.17, 15) is 0 Å². The Morgan fingerprint density at radius 2 is 2.00 bits per heavy atom. The zero-order chi connectivity index (χ0) is 15.4. The Hall–Kier alpha value is -2.01. The van der Waals surface area contributed by atoms with Gasteiger partial charge in [-0.2, -0.15) is 0 Å². The third-order valence-electron chi connectivity index (χ3n) is 3.34. The summed E-state index contributed by atoms with van der Waals surface area (Å²) in [7, 11) is 0. The number of nitrogens with one attached hydrogen (secondary N) is 1. The molecular formula is C16H18BrN3O. The second-order valence-electron chi connectivity index (χ2n) is 4.96. The standard InChI is InChI=1S/C16H18BrN3O/c1-10-3-6-14(17)15(7-10)19-9-13-5-4-12(8-11(13)2)16(18)20-21/h3-8,19,21H,9H2,1-2H3,(H2,18,20). The summed E-state index contributed by atoms with van der Waals surface area (Å²) in [6.45, 7) is 4.79. The van der Waals surface area contributed by atoms with E-state index in [1.165, 1.54) is 5.56 Å². The van der Waals surface area contributed by atoms with E-state index in [4.69, 9.17) is 10.9 Å². The van der Waals surface area contributed by atoms with Crippen molar-refractivity contribution in [1.82, 2.24) is 0 Å². The molecule has 5 heteroatoms. The molecule has 21 heavy (non-hydrogen) atoms. The minimum atomic E-state index is 0.124. The molecule has 0 aliphatic rings. The number of halogens is 1. The third-order valence-corrected chi connectivity index (χ3v) is 4.03. The molecule has 0 aromatic heterocycles. The molecular weight excluding hydrogens is 330 g/mol. The normalized spacial score (nSPS) is 11.5. The first-order valence-electron chi connectivity index (χ1n) is 6.58. The van der Waals surface area contributed by atoms with Crippen LogP contribution in [-0.4, -0.2) is 11.0 Å². The van der Waals surface area contributed by atoms with Crippen LogP contribution in [0.5, 0.6) is 0 Å². The number of benzene rings is 2. The van der Waals surface area contributed by atoms with Gasteiger partial charge in [0.2, 0.25) is 0 Å². The number of hydrogen-bond donors (Lipinski definition) is 3. The van der Waals surface area contributed by atoms with Gasteiger partial charge in [-0.1, -0.05) is 23.4 Å². The summed E-state index contributed by atoms with van der Waals surface area (Å²) in [6.07, 6.45) is 0. The molecule has 0 fully saturated rings. The number of hydrogen-bond acceptors (Lipinski definition) is 3. The Morgan fingerprint density at radius 1 is 1.24 bits per heavy atom. The molecule has 0 radical (unpaired) electrons. The lowest BCUT2D eigenvalue weighted by atomic mass is 10.0. The maximum Gasteiger partial charge on any atom is 0.170 e. The van der Waals surface area contributed by atoms with Crippen molar-refractivity contribution in [3.05, 3.63) is 63.1 Å². The molecule has 0 bridgehead atoms. The van der Waals surface area contributed by atoms with Crippen molar-refractivity contribution in [2.75, 3.05) is 5.32 Å². The second-order valence-corrected chi connectivity index (χ2v) is 5.82. The summed E-state index contributed by atoms with van der Waals surface area (Å²) in [6, 6.07) is 11.9. The molecule has 4 nitrogen and oxygen atoms in total. The van der Waals surface area contributed by atoms with E-state index < -0.39 is 0 Å². The second kappa shape index (κ2) is 6.63. The van der Waals surface area contributed by atoms with Gasteiger partial charge in [0.05, 0.1) is 0 Å². The number of rotatable bonds is 4. The van der Waals surface area contributed by atoms with Crippen LogP contribution < -0.4 is 11.1 Å². The Labute approximate surface area is 132 Å². The maximum absolute atomic E-state index is 8.70. The van der Waals surface area contributed by atoms with Gasteiger partial charge in [-0.15, -0.1) is 0 Å². The average Bonchev–Trinajstić information content (AvgIpc) is 2.48. The molecule has 0 aliphatic heterocycles. The van der Waals surface area contributed by atoms with Gasteiger partial charge in [0.15, 0.2) is 5.84 Å². The summed E-state index contributed by atoms with van der Waals surface area (Å²) in [5, 5.41) is 15.1. The number of oxime groups is 1. The van der Waals surface area contributed by atoms with Crippen LogP contribution in [0, 0.1) is 13.8 Å². The molecule has 110 valence electrons. The lowest BCUT2D eigenvalue weighted by Crippen LogP contribution is -2.13. The van der Waals surface area contributed by atoms with E-state index in [1.54, 1.807) is 0 Å². The molecule has 0 spiro atoms. The monoisotopic (exact) mass is 347 g/mol. The highest BCUT2D eigenvalue weighted by atomic mass is 79.9. The highest BCUT2D eigenvalue weighted by Gasteiger charge is 2.05. The van der Waals surface area contributed by atoms with Gasteiger partial charge < -0.3 is 16.3 Å². The van der Waals surface area contributed by atoms with Crippen molar-refractivity contribution in [2.45, 2.75) is 20.4 Å². The fraction of sp³-hybridized carbons (Fsp3) is 0.188. The lowest BCUT2D eigenvalue weighted by Gasteiger charge is -2.12. The highest BCUT2D eigenvalue weighted by molar-refractivity contribution is 9.10. The van der Waals surface area contributed by atoms with Crippen LogP contribution in [0.15, 0.2) is 46.0 Å². The SMILES string of the molecule is Cc1ccc(Br)c(NCc2ccc(/C(N)=N/O)cc2C)c1. The predicted octanol–water partition coefficient (Wildman–Crippen LogP) is 3.77. The van der Waals surface area contributed by atoms with Gasteiger partial charge in [0.1, 0.15) is 0 Å². The van der Waals surface area contributed by atoms with Gasteiger partial charge in [-0.3, -0.25) is 0 Å². The van der Waals surface area contributed by atoms with Crippen LogP contribution >= 0.6 is 15.9 Å². The van der Waals surface area contributed by atoms with E-state index in [0.29, 0.717) is 6.54 Å². The van der Waals surface area contributed by atoms with Crippen molar-refractivity contribution in [3.63, 3.8) is 0 Å². The zero-order valence-corrected chi connectivity index (χ0v) is 13.6. The quantitative estimate of drug-likeness (QED) is 0.341. The fourth-order valence-electron chi connectivity index (χ4n) is 2.08. The average molecular weight is 348 g/mol. The van der Waals surface area contributed by atoms with Gasteiger partial charge in [0, 0.05) is 22.3 Å². The molecule has 2 aromatic rings. The maximum atomic E-state index is 8.70. The van der Waals surface area contributed by atoms with Crippen molar-refractivity contribution >= 4 is 27.5 Å². The molecule has 0 aliphatic carbocycles. The number of aryl methyl sites for hydroxylation is 2. The van der Waals surface area contributed by atoms with Crippen LogP contribution in [0.1, 0.15) is 22.3 Å². The first kappa shape index (κ1) is 15.4. The van der Waals surface area contributed by atoms with Gasteiger partial charge in [-0.25, -0.2) is 0 Å². The number of nitrogens with zero attached hydrogens (tertiary/aromatic N) is 1. The van der Waals surface area contributed by atoms with E-state index >= 15 is 0 Å². The predicted molar refractivity (Wildman–Crippen MR) is 89.9 cm³/mol. The molecule has 0 saturated heterocycles. The Morgan fingerprint density at radius 3 is 2.67 bits per heavy atom. The van der Waals surface area contributed by atoms with Crippen molar-refractivity contribution in [1.29, 1.82) is 0 Å². The number of nitrogens with two attached hydrogens (primary N) is 1. The van der Waals surface area contributed by atoms with Gasteiger partial charge in [0.25, 0.3) is 0 Å². The van der Waals surface area contributed by atoms with Crippen molar-refractivity contribution < 1.29 is 5.21 Å². The molecule has 4 N–H and O–H groups in total. The Balaban J connectivity index is 2.15. The number of amidine groups is 1. The summed E-state index contributed by atoms with van der Waals surface area (Å²) in [5.41, 5.74) is 10.8. The topological polar surface area (TPSA) is 70.6 Å². The zero-order valence-electron chi connectivity index (χ0n) is 12.0. The lowest BCUT2D eigenvalue weighted by molar-refractivity contribution is 0.318. The molecule has 0 saturated carbocycles. The Bertz CT molecular complexity index is 683. The van der Waals surface area contributed by atoms with Crippen LogP contribution in [0.3, 0.4) is 0 Å². The molecule has 2 aromatic carbocycles. The summed E-state index contributed by atoms with van der Waals surface area (Å²) in [4.78, 5) is 0. The Kier molecular flexibility index (Phi) is 4.85. The molecule has 0 atom stereocenters. The molecule has 0 unspecified atom stereocenters. The number of anilines is 1. The summed E-state index contributed by atoms with van der Waals surface area (Å²) in [5.74, 6) is 0.124. The van der Waals surface area contributed by atoms with Crippen LogP contribution in [0.2, 0.25) is 0 Å². The smallest absolute Gasteiger partial charge is 0.170 e. The third kappa shape index (κ3) is 3.76. The van der Waals surface area contributed by atoms with Crippen molar-refractivity contribution in [3.8, 4) is 0 Å². The molecule has 0 amide bonds. The van der Waals surface area contributed by atoms with E-state index in [0.717, 1.165) is 26.9 Å². The van der Waals surface area contributed by atoms with Crippen LogP contribution in [0.25, 0.3) is 0 Å². The van der Waals surface area contributed by atoms with Gasteiger partial charge in [-0.05, 0) is 64.7 Å². The largest absolute Gasteiger partial charge is 0.409 e. The summed E-state index contributed by atoms with van der Waals surface area (Å²) < 4.78 is 1.04. The van der Waals surface area contributed by atoms with E-state index in [-0.39, 0.29) is 5.84 Å². The first-order valence-corrected chi connectivity index (χ1v) is 7.38. The minimum absolute atomic E-state index is 0.124. The first-order chi connectivity index (χ1) is 10.0. The van der Waals surface area contributed by atoms with Crippen LogP contribution in [0.4, 0.5) is 5.69 Å². The fourth-order valence-corrected chi connectivity index (χ4v) is 2.46. The van der Waals surface area contributed by atoms with Crippen LogP contribution in [-0.2, 0) is 6.54 Å². The highest BCUT2D eigenvalue weighted by Crippen LogP contribution is 2.24. The summed E-state index contributed by atoms with van der Waals surface area (Å²) >= 11 is 3.54. The van der Waals surface area contributed by atoms with E-state index in [2.05, 4.69) is 45.5 Å². The molecule has 2 rings (SSSR count). The van der Waals surface area contributed by atoms with Crippen molar-refractivity contribution in [2.24, 2.45) is 10.9 Å². The molecule has 0 heterocycles.